The molecule has 0 unspecified atom stereocenters. The summed E-state index contributed by atoms with van der Waals surface area (Å²) in [7, 11) is -1.46. The fraction of sp³-hybridized carbons (Fsp3) is 1.00. The van der Waals surface area contributed by atoms with Crippen LogP contribution in [0.1, 0.15) is 54.4 Å². The molecule has 0 aliphatic carbocycles. The summed E-state index contributed by atoms with van der Waals surface area (Å²) < 4.78 is 12.0. The van der Waals surface area contributed by atoms with Crippen molar-refractivity contribution < 1.29 is 8.85 Å². The van der Waals surface area contributed by atoms with E-state index in [9.17, 15) is 0 Å². The van der Waals surface area contributed by atoms with E-state index in [2.05, 4.69) is 41.5 Å². The molecule has 0 amide bonds. The van der Waals surface area contributed by atoms with Crippen LogP contribution in [0.3, 0.4) is 0 Å². The largest absolute Gasteiger partial charge is 0.396 e. The van der Waals surface area contributed by atoms with Gasteiger partial charge in [0, 0.05) is 13.2 Å². The minimum atomic E-state index is -1.46. The highest BCUT2D eigenvalue weighted by molar-refractivity contribution is 6.46. The third kappa shape index (κ3) is 7.42. The predicted molar refractivity (Wildman–Crippen MR) is 73.1 cm³/mol. The first-order valence-corrected chi connectivity index (χ1v) is 8.35. The highest BCUT2D eigenvalue weighted by atomic mass is 28.3. The van der Waals surface area contributed by atoms with Crippen LogP contribution in [0.2, 0.25) is 5.54 Å². The molecule has 0 rings (SSSR count). The SMILES string of the molecule is CCC(CC)[SiH](OCC(C)C)OCC(C)C. The first-order valence-electron chi connectivity index (χ1n) is 6.74. The van der Waals surface area contributed by atoms with E-state index in [0.29, 0.717) is 17.4 Å². The molecule has 3 heteroatoms. The van der Waals surface area contributed by atoms with Crippen molar-refractivity contribution in [3.8, 4) is 0 Å². The molecule has 0 bridgehead atoms. The van der Waals surface area contributed by atoms with Gasteiger partial charge in [0.15, 0.2) is 0 Å². The number of hydrogen-bond acceptors (Lipinski definition) is 2. The van der Waals surface area contributed by atoms with E-state index in [-0.39, 0.29) is 0 Å². The van der Waals surface area contributed by atoms with Gasteiger partial charge in [-0.1, -0.05) is 54.4 Å². The fourth-order valence-electron chi connectivity index (χ4n) is 1.57. The molecule has 0 N–H and O–H groups in total. The molecular formula is C13H30O2Si. The third-order valence-electron chi connectivity index (χ3n) is 2.62. The second-order valence-electron chi connectivity index (χ2n) is 5.40. The summed E-state index contributed by atoms with van der Waals surface area (Å²) in [6, 6.07) is 0. The van der Waals surface area contributed by atoms with Crippen molar-refractivity contribution in [3.63, 3.8) is 0 Å². The minimum absolute atomic E-state index is 0.604. The molecule has 0 aromatic rings. The lowest BCUT2D eigenvalue weighted by molar-refractivity contribution is 0.154. The maximum atomic E-state index is 6.01. The van der Waals surface area contributed by atoms with Crippen LogP contribution in [0.15, 0.2) is 0 Å². The molecule has 0 radical (unpaired) electrons. The van der Waals surface area contributed by atoms with Crippen molar-refractivity contribution in [1.82, 2.24) is 0 Å². The average molecular weight is 246 g/mol. The number of hydrogen-bond donors (Lipinski definition) is 0. The molecular weight excluding hydrogens is 216 g/mol. The van der Waals surface area contributed by atoms with Crippen molar-refractivity contribution in [2.24, 2.45) is 11.8 Å². The van der Waals surface area contributed by atoms with E-state index in [1.165, 1.54) is 12.8 Å². The quantitative estimate of drug-likeness (QED) is 0.577. The molecule has 2 nitrogen and oxygen atoms in total. The monoisotopic (exact) mass is 246 g/mol. The Kier molecular flexibility index (Phi) is 9.28. The summed E-state index contributed by atoms with van der Waals surface area (Å²) in [6.45, 7) is 15.0. The standard InChI is InChI=1S/C13H30O2Si/c1-7-13(8-2)16(14-9-11(3)4)15-10-12(5)6/h11-13,16H,7-10H2,1-6H3. The lowest BCUT2D eigenvalue weighted by Crippen LogP contribution is -2.31. The van der Waals surface area contributed by atoms with Gasteiger partial charge in [-0.2, -0.15) is 0 Å². The van der Waals surface area contributed by atoms with Crippen LogP contribution in [0, 0.1) is 11.8 Å². The van der Waals surface area contributed by atoms with Gasteiger partial charge in [-0.3, -0.25) is 0 Å². The Balaban J connectivity index is 4.13. The summed E-state index contributed by atoms with van der Waals surface area (Å²) in [5, 5.41) is 0. The van der Waals surface area contributed by atoms with Crippen molar-refractivity contribution in [1.29, 1.82) is 0 Å². The van der Waals surface area contributed by atoms with E-state index in [1.807, 2.05) is 0 Å². The van der Waals surface area contributed by atoms with Gasteiger partial charge in [-0.25, -0.2) is 0 Å². The Labute approximate surface area is 104 Å². The van der Waals surface area contributed by atoms with Crippen molar-refractivity contribution in [3.05, 3.63) is 0 Å². The van der Waals surface area contributed by atoms with Crippen molar-refractivity contribution in [2.45, 2.75) is 59.9 Å². The zero-order chi connectivity index (χ0) is 12.6. The normalized spacial score (nSPS) is 12.4. The van der Waals surface area contributed by atoms with Crippen LogP contribution in [0.4, 0.5) is 0 Å². The van der Waals surface area contributed by atoms with Gasteiger partial charge < -0.3 is 8.85 Å². The highest BCUT2D eigenvalue weighted by Gasteiger charge is 2.24. The molecule has 0 spiro atoms. The number of rotatable bonds is 9. The summed E-state index contributed by atoms with van der Waals surface area (Å²) in [5.41, 5.74) is 0.664. The first kappa shape index (κ1) is 16.1. The second-order valence-corrected chi connectivity index (χ2v) is 7.75. The van der Waals surface area contributed by atoms with Crippen molar-refractivity contribution >= 4 is 9.28 Å². The van der Waals surface area contributed by atoms with Crippen LogP contribution in [0.25, 0.3) is 0 Å². The van der Waals surface area contributed by atoms with Gasteiger partial charge in [0.05, 0.1) is 0 Å². The molecule has 0 aromatic heterocycles. The van der Waals surface area contributed by atoms with Gasteiger partial charge in [-0.15, -0.1) is 0 Å². The zero-order valence-electron chi connectivity index (χ0n) is 12.0. The Hall–Kier alpha value is 0.137. The lowest BCUT2D eigenvalue weighted by Gasteiger charge is -2.25. The van der Waals surface area contributed by atoms with E-state index in [4.69, 9.17) is 8.85 Å². The van der Waals surface area contributed by atoms with E-state index < -0.39 is 9.28 Å². The lowest BCUT2D eigenvalue weighted by atomic mass is 10.2. The second kappa shape index (κ2) is 9.20. The average Bonchev–Trinajstić information content (AvgIpc) is 2.22. The molecule has 0 aliphatic heterocycles. The molecule has 16 heavy (non-hydrogen) atoms. The molecule has 0 saturated carbocycles. The molecule has 98 valence electrons. The van der Waals surface area contributed by atoms with E-state index in [0.717, 1.165) is 13.2 Å². The third-order valence-corrected chi connectivity index (χ3v) is 5.38. The molecule has 0 fully saturated rings. The zero-order valence-corrected chi connectivity index (χ0v) is 13.1. The van der Waals surface area contributed by atoms with Gasteiger partial charge in [0.25, 0.3) is 0 Å². The Morgan fingerprint density at radius 3 is 1.44 bits per heavy atom. The van der Waals surface area contributed by atoms with Crippen molar-refractivity contribution in [2.75, 3.05) is 13.2 Å². The van der Waals surface area contributed by atoms with Crippen LogP contribution in [-0.4, -0.2) is 22.5 Å². The molecule has 0 heterocycles. The summed E-state index contributed by atoms with van der Waals surface area (Å²) >= 11 is 0. The Bertz CT molecular complexity index is 144. The van der Waals surface area contributed by atoms with Gasteiger partial charge in [0.1, 0.15) is 0 Å². The van der Waals surface area contributed by atoms with Crippen LogP contribution >= 0.6 is 0 Å². The van der Waals surface area contributed by atoms with Crippen LogP contribution in [0.5, 0.6) is 0 Å². The predicted octanol–water partition coefficient (Wildman–Crippen LogP) is 3.74. The Morgan fingerprint density at radius 2 is 1.19 bits per heavy atom. The summed E-state index contributed by atoms with van der Waals surface area (Å²) in [4.78, 5) is 0. The summed E-state index contributed by atoms with van der Waals surface area (Å²) in [6.07, 6.45) is 2.37. The smallest absolute Gasteiger partial charge is 0.324 e. The van der Waals surface area contributed by atoms with Crippen LogP contribution in [-0.2, 0) is 8.85 Å². The minimum Gasteiger partial charge on any atom is -0.396 e. The van der Waals surface area contributed by atoms with E-state index in [1.54, 1.807) is 0 Å². The summed E-state index contributed by atoms with van der Waals surface area (Å²) in [5.74, 6) is 1.21. The van der Waals surface area contributed by atoms with E-state index >= 15 is 0 Å². The molecule has 0 atom stereocenters. The van der Waals surface area contributed by atoms with Gasteiger partial charge in [0.2, 0.25) is 0 Å². The fourth-order valence-corrected chi connectivity index (χ4v) is 4.13. The topological polar surface area (TPSA) is 18.5 Å². The van der Waals surface area contributed by atoms with Gasteiger partial charge >= 0.3 is 9.28 Å². The molecule has 0 saturated heterocycles. The maximum absolute atomic E-state index is 6.01. The van der Waals surface area contributed by atoms with Gasteiger partial charge in [-0.05, 0) is 17.4 Å². The maximum Gasteiger partial charge on any atom is 0.324 e. The molecule has 0 aromatic carbocycles. The molecule has 0 aliphatic rings. The Morgan fingerprint density at radius 1 is 0.812 bits per heavy atom. The van der Waals surface area contributed by atoms with Crippen LogP contribution < -0.4 is 0 Å². The first-order chi connectivity index (χ1) is 7.51. The highest BCUT2D eigenvalue weighted by Crippen LogP contribution is 2.22.